The van der Waals surface area contributed by atoms with Gasteiger partial charge in [0.2, 0.25) is 0 Å². The second-order valence-corrected chi connectivity index (χ2v) is 6.12. The van der Waals surface area contributed by atoms with E-state index in [1.165, 1.54) is 6.07 Å². The Morgan fingerprint density at radius 1 is 1.15 bits per heavy atom. The number of hydrogen-bond acceptors (Lipinski definition) is 2. The minimum Gasteiger partial charge on any atom is -0.478 e. The monoisotopic (exact) mass is 445 g/mol. The van der Waals surface area contributed by atoms with E-state index in [1.807, 2.05) is 28.7 Å². The summed E-state index contributed by atoms with van der Waals surface area (Å²) >= 11 is 5.31. The predicted molar refractivity (Wildman–Crippen MR) is 88.2 cm³/mol. The standard InChI is InChI=1S/C14H9BrINO3/c15-9-3-1-2-8(6-9)13(18)17-12-5-4-10(16)7-11(12)14(19)20/h1-7H,(H,17,18)(H,19,20). The zero-order chi connectivity index (χ0) is 14.7. The molecule has 0 saturated carbocycles. The molecule has 102 valence electrons. The summed E-state index contributed by atoms with van der Waals surface area (Å²) in [4.78, 5) is 23.3. The van der Waals surface area contributed by atoms with E-state index < -0.39 is 5.97 Å². The van der Waals surface area contributed by atoms with Gasteiger partial charge in [-0.25, -0.2) is 4.79 Å². The van der Waals surface area contributed by atoms with Gasteiger partial charge < -0.3 is 10.4 Å². The van der Waals surface area contributed by atoms with Gasteiger partial charge in [0.15, 0.2) is 0 Å². The molecule has 4 nitrogen and oxygen atoms in total. The molecule has 0 unspecified atom stereocenters. The van der Waals surface area contributed by atoms with Crippen LogP contribution >= 0.6 is 38.5 Å². The van der Waals surface area contributed by atoms with Crippen LogP contribution in [0.2, 0.25) is 0 Å². The number of carboxylic acid groups (broad SMARTS) is 1. The Hall–Kier alpha value is -1.41. The third-order valence-electron chi connectivity index (χ3n) is 2.55. The molecule has 20 heavy (non-hydrogen) atoms. The summed E-state index contributed by atoms with van der Waals surface area (Å²) < 4.78 is 1.58. The largest absolute Gasteiger partial charge is 0.478 e. The number of nitrogens with one attached hydrogen (secondary N) is 1. The lowest BCUT2D eigenvalue weighted by Crippen LogP contribution is -2.15. The second-order valence-electron chi connectivity index (χ2n) is 3.96. The van der Waals surface area contributed by atoms with E-state index in [1.54, 1.807) is 30.3 Å². The minimum absolute atomic E-state index is 0.0697. The van der Waals surface area contributed by atoms with Crippen molar-refractivity contribution in [3.05, 3.63) is 61.6 Å². The number of rotatable bonds is 3. The van der Waals surface area contributed by atoms with Gasteiger partial charge in [-0.2, -0.15) is 0 Å². The normalized spacial score (nSPS) is 10.1. The van der Waals surface area contributed by atoms with E-state index in [0.29, 0.717) is 5.56 Å². The minimum atomic E-state index is -1.08. The Bertz CT molecular complexity index is 688. The van der Waals surface area contributed by atoms with Gasteiger partial charge in [-0.1, -0.05) is 22.0 Å². The number of hydrogen-bond donors (Lipinski definition) is 2. The molecule has 0 atom stereocenters. The van der Waals surface area contributed by atoms with Crippen molar-refractivity contribution in [1.82, 2.24) is 0 Å². The summed E-state index contributed by atoms with van der Waals surface area (Å²) in [6.45, 7) is 0. The fraction of sp³-hybridized carbons (Fsp3) is 0. The van der Waals surface area contributed by atoms with Crippen molar-refractivity contribution < 1.29 is 14.7 Å². The number of carboxylic acids is 1. The summed E-state index contributed by atoms with van der Waals surface area (Å²) in [7, 11) is 0. The van der Waals surface area contributed by atoms with E-state index in [2.05, 4.69) is 21.2 Å². The van der Waals surface area contributed by atoms with Gasteiger partial charge in [0.05, 0.1) is 11.3 Å². The van der Waals surface area contributed by atoms with E-state index in [4.69, 9.17) is 5.11 Å². The molecule has 0 heterocycles. The first-order chi connectivity index (χ1) is 9.47. The predicted octanol–water partition coefficient (Wildman–Crippen LogP) is 4.00. The maximum atomic E-state index is 12.1. The van der Waals surface area contributed by atoms with Crippen molar-refractivity contribution in [2.75, 3.05) is 5.32 Å². The molecular formula is C14H9BrINO3. The van der Waals surface area contributed by atoms with Crippen LogP contribution in [-0.2, 0) is 0 Å². The van der Waals surface area contributed by atoms with Gasteiger partial charge in [-0.05, 0) is 59.0 Å². The van der Waals surface area contributed by atoms with Crippen LogP contribution in [0.3, 0.4) is 0 Å². The van der Waals surface area contributed by atoms with E-state index in [9.17, 15) is 9.59 Å². The Balaban J connectivity index is 2.30. The first kappa shape index (κ1) is 15.0. The summed E-state index contributed by atoms with van der Waals surface area (Å²) in [6, 6.07) is 11.7. The summed E-state index contributed by atoms with van der Waals surface area (Å²) in [6.07, 6.45) is 0. The topological polar surface area (TPSA) is 66.4 Å². The molecule has 0 spiro atoms. The third-order valence-corrected chi connectivity index (χ3v) is 3.71. The number of anilines is 1. The fourth-order valence-corrected chi connectivity index (χ4v) is 2.52. The molecule has 0 aromatic heterocycles. The number of carbonyl (C=O) groups is 2. The molecule has 0 fully saturated rings. The van der Waals surface area contributed by atoms with Crippen molar-refractivity contribution in [2.24, 2.45) is 0 Å². The highest BCUT2D eigenvalue weighted by Crippen LogP contribution is 2.20. The summed E-state index contributed by atoms with van der Waals surface area (Å²) in [5, 5.41) is 11.8. The molecular weight excluding hydrogens is 437 g/mol. The zero-order valence-corrected chi connectivity index (χ0v) is 13.8. The lowest BCUT2D eigenvalue weighted by molar-refractivity contribution is 0.0698. The van der Waals surface area contributed by atoms with Crippen LogP contribution < -0.4 is 5.32 Å². The van der Waals surface area contributed by atoms with Gasteiger partial charge in [-0.15, -0.1) is 0 Å². The summed E-state index contributed by atoms with van der Waals surface area (Å²) in [5.41, 5.74) is 0.803. The molecule has 1 amide bonds. The average Bonchev–Trinajstić information content (AvgIpc) is 2.40. The van der Waals surface area contributed by atoms with E-state index in [0.717, 1.165) is 8.04 Å². The lowest BCUT2D eigenvalue weighted by Gasteiger charge is -2.09. The van der Waals surface area contributed by atoms with Crippen LogP contribution in [0.5, 0.6) is 0 Å². The lowest BCUT2D eigenvalue weighted by atomic mass is 10.1. The molecule has 0 aliphatic heterocycles. The summed E-state index contributed by atoms with van der Waals surface area (Å²) in [5.74, 6) is -1.43. The van der Waals surface area contributed by atoms with Gasteiger partial charge in [0, 0.05) is 13.6 Å². The molecule has 2 N–H and O–H groups in total. The Kier molecular flexibility index (Phi) is 4.77. The molecule has 0 aliphatic carbocycles. The third kappa shape index (κ3) is 3.57. The molecule has 0 saturated heterocycles. The molecule has 2 aromatic rings. The molecule has 0 bridgehead atoms. The highest BCUT2D eigenvalue weighted by atomic mass is 127. The Morgan fingerprint density at radius 3 is 2.55 bits per heavy atom. The molecule has 0 radical (unpaired) electrons. The van der Waals surface area contributed by atoms with Crippen molar-refractivity contribution in [2.45, 2.75) is 0 Å². The van der Waals surface area contributed by atoms with Crippen LogP contribution in [0.4, 0.5) is 5.69 Å². The van der Waals surface area contributed by atoms with Crippen LogP contribution in [0.25, 0.3) is 0 Å². The Morgan fingerprint density at radius 2 is 1.90 bits per heavy atom. The number of carbonyl (C=O) groups excluding carboxylic acids is 1. The van der Waals surface area contributed by atoms with Crippen molar-refractivity contribution in [3.8, 4) is 0 Å². The average molecular weight is 446 g/mol. The molecule has 6 heteroatoms. The number of halogens is 2. The molecule has 2 aromatic carbocycles. The first-order valence-electron chi connectivity index (χ1n) is 5.57. The van der Waals surface area contributed by atoms with Crippen LogP contribution in [0, 0.1) is 3.57 Å². The smallest absolute Gasteiger partial charge is 0.337 e. The molecule has 0 aliphatic rings. The van der Waals surface area contributed by atoms with Gasteiger partial charge >= 0.3 is 5.97 Å². The highest BCUT2D eigenvalue weighted by Gasteiger charge is 2.14. The molecule has 2 rings (SSSR count). The van der Waals surface area contributed by atoms with Gasteiger partial charge in [0.1, 0.15) is 0 Å². The van der Waals surface area contributed by atoms with Crippen molar-refractivity contribution in [1.29, 1.82) is 0 Å². The number of aromatic carboxylic acids is 1. The van der Waals surface area contributed by atoms with E-state index >= 15 is 0 Å². The second kappa shape index (κ2) is 6.36. The van der Waals surface area contributed by atoms with Crippen LogP contribution in [0.15, 0.2) is 46.9 Å². The SMILES string of the molecule is O=C(Nc1ccc(I)cc1C(=O)O)c1cccc(Br)c1. The van der Waals surface area contributed by atoms with Gasteiger partial charge in [0.25, 0.3) is 5.91 Å². The van der Waals surface area contributed by atoms with Gasteiger partial charge in [-0.3, -0.25) is 4.79 Å². The maximum absolute atomic E-state index is 12.1. The highest BCUT2D eigenvalue weighted by molar-refractivity contribution is 14.1. The quantitative estimate of drug-likeness (QED) is 0.701. The van der Waals surface area contributed by atoms with Crippen molar-refractivity contribution >= 4 is 56.1 Å². The maximum Gasteiger partial charge on any atom is 0.337 e. The number of benzene rings is 2. The number of amides is 1. The van der Waals surface area contributed by atoms with E-state index in [-0.39, 0.29) is 17.2 Å². The van der Waals surface area contributed by atoms with Crippen LogP contribution in [0.1, 0.15) is 20.7 Å². The van der Waals surface area contributed by atoms with Crippen molar-refractivity contribution in [3.63, 3.8) is 0 Å². The zero-order valence-electron chi connectivity index (χ0n) is 10.1. The first-order valence-corrected chi connectivity index (χ1v) is 7.44. The van der Waals surface area contributed by atoms with Crippen LogP contribution in [-0.4, -0.2) is 17.0 Å². The Labute approximate surface area is 137 Å². The fourth-order valence-electron chi connectivity index (χ4n) is 1.63.